The number of hydrogen-bond acceptors (Lipinski definition) is 4. The third-order valence-corrected chi connectivity index (χ3v) is 3.27. The summed E-state index contributed by atoms with van der Waals surface area (Å²) in [5, 5.41) is 15.2. The number of fused-ring (bicyclic) bond motifs is 1. The topological polar surface area (TPSA) is 57.5 Å². The maximum absolute atomic E-state index is 9.83. The highest BCUT2D eigenvalue weighted by molar-refractivity contribution is 6.01. The van der Waals surface area contributed by atoms with E-state index in [0.29, 0.717) is 11.3 Å². The van der Waals surface area contributed by atoms with Crippen molar-refractivity contribution in [2.45, 2.75) is 6.92 Å². The second-order valence-electron chi connectivity index (χ2n) is 4.71. The highest BCUT2D eigenvalue weighted by Crippen LogP contribution is 2.21. The molecule has 2 aromatic carbocycles. The molecule has 0 saturated heterocycles. The van der Waals surface area contributed by atoms with Crippen LogP contribution < -0.4 is 5.43 Å². The number of nitrogens with one attached hydrogen (secondary N) is 1. The third-order valence-electron chi connectivity index (χ3n) is 3.27. The second kappa shape index (κ2) is 5.63. The van der Waals surface area contributed by atoms with Crippen molar-refractivity contribution in [2.24, 2.45) is 5.10 Å². The average molecular weight is 277 g/mol. The van der Waals surface area contributed by atoms with Gasteiger partial charge in [-0.2, -0.15) is 5.10 Å². The van der Waals surface area contributed by atoms with Crippen molar-refractivity contribution in [3.05, 3.63) is 66.4 Å². The maximum Gasteiger partial charge on any atom is 0.124 e. The zero-order valence-electron chi connectivity index (χ0n) is 11.6. The van der Waals surface area contributed by atoms with Crippen LogP contribution in [-0.4, -0.2) is 15.8 Å². The Labute approximate surface area is 122 Å². The minimum atomic E-state index is 0.219. The van der Waals surface area contributed by atoms with Crippen molar-refractivity contribution in [1.29, 1.82) is 0 Å². The molecule has 0 spiro atoms. The molecule has 0 unspecified atom stereocenters. The Bertz CT molecular complexity index is 806. The number of hydrogen-bond donors (Lipinski definition) is 2. The molecule has 0 saturated carbocycles. The van der Waals surface area contributed by atoms with Crippen LogP contribution in [0.2, 0.25) is 0 Å². The second-order valence-corrected chi connectivity index (χ2v) is 4.71. The largest absolute Gasteiger partial charge is 0.507 e. The van der Waals surface area contributed by atoms with Crippen LogP contribution in [0.4, 0.5) is 5.69 Å². The van der Waals surface area contributed by atoms with Gasteiger partial charge in [-0.05, 0) is 31.2 Å². The van der Waals surface area contributed by atoms with Crippen LogP contribution in [0.3, 0.4) is 0 Å². The van der Waals surface area contributed by atoms with Crippen LogP contribution in [-0.2, 0) is 0 Å². The molecule has 1 heterocycles. The normalized spacial score (nSPS) is 11.6. The van der Waals surface area contributed by atoms with Crippen molar-refractivity contribution in [1.82, 2.24) is 4.98 Å². The summed E-state index contributed by atoms with van der Waals surface area (Å²) in [4.78, 5) is 4.37. The minimum absolute atomic E-state index is 0.219. The van der Waals surface area contributed by atoms with Gasteiger partial charge >= 0.3 is 0 Å². The number of para-hydroxylation sites is 2. The van der Waals surface area contributed by atoms with E-state index in [2.05, 4.69) is 15.5 Å². The zero-order chi connectivity index (χ0) is 14.7. The average Bonchev–Trinajstić information content (AvgIpc) is 2.53. The molecule has 0 aliphatic heterocycles. The molecular weight excluding hydrogens is 262 g/mol. The summed E-state index contributed by atoms with van der Waals surface area (Å²) >= 11 is 0. The molecule has 2 N–H and O–H groups in total. The van der Waals surface area contributed by atoms with Crippen molar-refractivity contribution >= 4 is 22.3 Å². The number of phenols is 1. The summed E-state index contributed by atoms with van der Waals surface area (Å²) in [6.07, 6.45) is 1.76. The monoisotopic (exact) mass is 277 g/mol. The first-order valence-corrected chi connectivity index (χ1v) is 6.68. The van der Waals surface area contributed by atoms with E-state index in [1.165, 1.54) is 0 Å². The molecule has 0 fully saturated rings. The minimum Gasteiger partial charge on any atom is -0.507 e. The molecule has 0 amide bonds. The summed E-state index contributed by atoms with van der Waals surface area (Å²) in [7, 11) is 0. The number of aromatic nitrogens is 1. The summed E-state index contributed by atoms with van der Waals surface area (Å²) in [5.41, 5.74) is 6.15. The summed E-state index contributed by atoms with van der Waals surface area (Å²) < 4.78 is 0. The van der Waals surface area contributed by atoms with Gasteiger partial charge in [0.1, 0.15) is 5.75 Å². The summed E-state index contributed by atoms with van der Waals surface area (Å²) in [5.74, 6) is 0.219. The van der Waals surface area contributed by atoms with Crippen molar-refractivity contribution in [3.63, 3.8) is 0 Å². The lowest BCUT2D eigenvalue weighted by Gasteiger charge is -2.07. The van der Waals surface area contributed by atoms with E-state index in [0.717, 1.165) is 16.6 Å². The number of aromatic hydroxyl groups is 1. The van der Waals surface area contributed by atoms with Gasteiger partial charge in [0.05, 0.1) is 16.9 Å². The fourth-order valence-corrected chi connectivity index (χ4v) is 2.18. The predicted molar refractivity (Wildman–Crippen MR) is 85.7 cm³/mol. The van der Waals surface area contributed by atoms with Crippen molar-refractivity contribution in [2.75, 3.05) is 5.43 Å². The van der Waals surface area contributed by atoms with E-state index in [1.807, 2.05) is 49.4 Å². The molecular formula is C17H15N3O. The highest BCUT2D eigenvalue weighted by atomic mass is 16.3. The molecule has 0 atom stereocenters. The molecule has 0 bridgehead atoms. The highest BCUT2D eigenvalue weighted by Gasteiger charge is 2.04. The molecule has 0 aliphatic carbocycles. The lowest BCUT2D eigenvalue weighted by molar-refractivity contribution is 0.474. The SMILES string of the molecule is C/C(=N\Nc1cccc2cccnc12)c1ccccc1O. The Morgan fingerprint density at radius 1 is 1.05 bits per heavy atom. The molecule has 1 aromatic heterocycles. The molecule has 0 radical (unpaired) electrons. The van der Waals surface area contributed by atoms with Crippen LogP contribution in [0.5, 0.6) is 5.75 Å². The van der Waals surface area contributed by atoms with Crippen LogP contribution in [0.1, 0.15) is 12.5 Å². The van der Waals surface area contributed by atoms with E-state index >= 15 is 0 Å². The summed E-state index contributed by atoms with van der Waals surface area (Å²) in [6, 6.07) is 16.9. The molecule has 4 nitrogen and oxygen atoms in total. The lowest BCUT2D eigenvalue weighted by Crippen LogP contribution is -2.00. The summed E-state index contributed by atoms with van der Waals surface area (Å²) in [6.45, 7) is 1.85. The Kier molecular flexibility index (Phi) is 3.51. The van der Waals surface area contributed by atoms with Gasteiger partial charge in [-0.3, -0.25) is 10.4 Å². The quantitative estimate of drug-likeness (QED) is 0.566. The number of nitrogens with zero attached hydrogens (tertiary/aromatic N) is 2. The molecule has 0 aliphatic rings. The molecule has 21 heavy (non-hydrogen) atoms. The fourth-order valence-electron chi connectivity index (χ4n) is 2.18. The van der Waals surface area contributed by atoms with Crippen molar-refractivity contribution < 1.29 is 5.11 Å². The Morgan fingerprint density at radius 3 is 2.71 bits per heavy atom. The smallest absolute Gasteiger partial charge is 0.124 e. The van der Waals surface area contributed by atoms with Gasteiger partial charge in [0, 0.05) is 17.1 Å². The van der Waals surface area contributed by atoms with E-state index in [1.54, 1.807) is 18.3 Å². The molecule has 4 heteroatoms. The number of pyridine rings is 1. The van der Waals surface area contributed by atoms with Crippen LogP contribution in [0.15, 0.2) is 65.9 Å². The fraction of sp³-hybridized carbons (Fsp3) is 0.0588. The third kappa shape index (κ3) is 2.69. The predicted octanol–water partition coefficient (Wildman–Crippen LogP) is 3.78. The first kappa shape index (κ1) is 13.1. The van der Waals surface area contributed by atoms with Crippen LogP contribution in [0.25, 0.3) is 10.9 Å². The first-order chi connectivity index (χ1) is 10.3. The van der Waals surface area contributed by atoms with Crippen LogP contribution in [0, 0.1) is 0 Å². The van der Waals surface area contributed by atoms with Crippen LogP contribution >= 0.6 is 0 Å². The van der Waals surface area contributed by atoms with E-state index in [4.69, 9.17) is 0 Å². The van der Waals surface area contributed by atoms with Gasteiger partial charge < -0.3 is 5.11 Å². The van der Waals surface area contributed by atoms with Gasteiger partial charge in [0.15, 0.2) is 0 Å². The number of hydrazone groups is 1. The first-order valence-electron chi connectivity index (χ1n) is 6.68. The van der Waals surface area contributed by atoms with Gasteiger partial charge in [0.2, 0.25) is 0 Å². The Morgan fingerprint density at radius 2 is 1.86 bits per heavy atom. The van der Waals surface area contributed by atoms with E-state index in [-0.39, 0.29) is 5.75 Å². The van der Waals surface area contributed by atoms with Gasteiger partial charge in [-0.15, -0.1) is 0 Å². The molecule has 104 valence electrons. The number of anilines is 1. The lowest BCUT2D eigenvalue weighted by atomic mass is 10.1. The maximum atomic E-state index is 9.83. The molecule has 3 aromatic rings. The Hall–Kier alpha value is -2.88. The zero-order valence-corrected chi connectivity index (χ0v) is 11.6. The van der Waals surface area contributed by atoms with Gasteiger partial charge in [0.25, 0.3) is 0 Å². The number of rotatable bonds is 3. The van der Waals surface area contributed by atoms with E-state index < -0.39 is 0 Å². The van der Waals surface area contributed by atoms with Gasteiger partial charge in [-0.1, -0.05) is 30.3 Å². The Balaban J connectivity index is 1.93. The standard InChI is InChI=1S/C17H15N3O/c1-12(14-8-2-3-10-16(14)21)19-20-15-9-4-6-13-7-5-11-18-17(13)15/h2-11,20-21H,1H3/b19-12+. The number of phenolic OH excluding ortho intramolecular Hbond substituents is 1. The van der Waals surface area contributed by atoms with Gasteiger partial charge in [-0.25, -0.2) is 0 Å². The van der Waals surface area contributed by atoms with Crippen molar-refractivity contribution in [3.8, 4) is 5.75 Å². The van der Waals surface area contributed by atoms with E-state index in [9.17, 15) is 5.11 Å². The molecule has 3 rings (SSSR count). The number of benzene rings is 2.